The normalized spacial score (nSPS) is 19.6. The molecule has 94 valence electrons. The van der Waals surface area contributed by atoms with Crippen molar-refractivity contribution < 1.29 is 8.42 Å². The van der Waals surface area contributed by atoms with E-state index in [4.69, 9.17) is 5.73 Å². The Morgan fingerprint density at radius 2 is 2.12 bits per heavy atom. The summed E-state index contributed by atoms with van der Waals surface area (Å²) in [4.78, 5) is 8.55. The first-order chi connectivity index (χ1) is 7.93. The van der Waals surface area contributed by atoms with E-state index in [0.29, 0.717) is 17.8 Å². The minimum absolute atomic E-state index is 0.00105. The van der Waals surface area contributed by atoms with Crippen LogP contribution in [0.25, 0.3) is 0 Å². The van der Waals surface area contributed by atoms with Crippen molar-refractivity contribution in [3.8, 4) is 0 Å². The van der Waals surface area contributed by atoms with Crippen LogP contribution in [0.4, 0.5) is 5.82 Å². The zero-order valence-electron chi connectivity index (χ0n) is 9.90. The maximum absolute atomic E-state index is 11.5. The molecule has 1 aliphatic rings. The number of anilines is 1. The van der Waals surface area contributed by atoms with Gasteiger partial charge in [0.05, 0.1) is 23.2 Å². The van der Waals surface area contributed by atoms with Crippen molar-refractivity contribution in [1.82, 2.24) is 15.3 Å². The molecule has 17 heavy (non-hydrogen) atoms. The molecule has 0 aliphatic carbocycles. The third kappa shape index (κ3) is 2.39. The lowest BCUT2D eigenvalue weighted by molar-refractivity contribution is 0.585. The van der Waals surface area contributed by atoms with Crippen molar-refractivity contribution >= 4 is 15.7 Å². The van der Waals surface area contributed by atoms with Gasteiger partial charge in [0.2, 0.25) is 0 Å². The van der Waals surface area contributed by atoms with Crippen LogP contribution in [0.15, 0.2) is 0 Å². The molecule has 0 amide bonds. The van der Waals surface area contributed by atoms with Crippen LogP contribution in [0.1, 0.15) is 30.0 Å². The predicted octanol–water partition coefficient (Wildman–Crippen LogP) is -0.190. The van der Waals surface area contributed by atoms with Gasteiger partial charge < -0.3 is 11.1 Å². The standard InChI is InChI=1S/C10H16N4O2S/c1-6(12-2)10-13-8-3-4-17(15,16)5-7(8)9(11)14-10/h6,12H,3-5H2,1-2H3,(H2,11,13,14). The van der Waals surface area contributed by atoms with E-state index in [1.54, 1.807) is 0 Å². The summed E-state index contributed by atoms with van der Waals surface area (Å²) in [6.07, 6.45) is 0.424. The van der Waals surface area contributed by atoms with Crippen molar-refractivity contribution in [3.05, 3.63) is 17.1 Å². The third-order valence-corrected chi connectivity index (χ3v) is 4.53. The molecular formula is C10H16N4O2S. The first-order valence-electron chi connectivity index (χ1n) is 5.46. The first-order valence-corrected chi connectivity index (χ1v) is 7.28. The monoisotopic (exact) mass is 256 g/mol. The second-order valence-electron chi connectivity index (χ2n) is 4.24. The average molecular weight is 256 g/mol. The zero-order valence-corrected chi connectivity index (χ0v) is 10.7. The predicted molar refractivity (Wildman–Crippen MR) is 65.1 cm³/mol. The van der Waals surface area contributed by atoms with Crippen molar-refractivity contribution in [3.63, 3.8) is 0 Å². The van der Waals surface area contributed by atoms with Crippen LogP contribution in [0.5, 0.6) is 0 Å². The highest BCUT2D eigenvalue weighted by Gasteiger charge is 2.26. The molecule has 7 heteroatoms. The SMILES string of the molecule is CNC(C)c1nc(N)c2c(n1)CCS(=O)(=O)C2. The Labute approximate surface area is 101 Å². The molecule has 0 saturated carbocycles. The summed E-state index contributed by atoms with van der Waals surface area (Å²) in [6, 6.07) is 0.00105. The second kappa shape index (κ2) is 4.23. The number of sulfone groups is 1. The van der Waals surface area contributed by atoms with Gasteiger partial charge in [0.1, 0.15) is 11.6 Å². The highest BCUT2D eigenvalue weighted by molar-refractivity contribution is 7.90. The molecule has 1 aromatic heterocycles. The molecule has 0 spiro atoms. The summed E-state index contributed by atoms with van der Waals surface area (Å²) in [6.45, 7) is 1.93. The Hall–Kier alpha value is -1.21. The Bertz CT molecular complexity index is 541. The van der Waals surface area contributed by atoms with Gasteiger partial charge in [-0.15, -0.1) is 0 Å². The number of aromatic nitrogens is 2. The number of fused-ring (bicyclic) bond motifs is 1. The van der Waals surface area contributed by atoms with E-state index < -0.39 is 9.84 Å². The van der Waals surface area contributed by atoms with E-state index in [9.17, 15) is 8.42 Å². The molecule has 0 saturated heterocycles. The summed E-state index contributed by atoms with van der Waals surface area (Å²) in [5.74, 6) is 1.00. The van der Waals surface area contributed by atoms with Crippen molar-refractivity contribution in [2.24, 2.45) is 0 Å². The van der Waals surface area contributed by atoms with Crippen LogP contribution in [-0.2, 0) is 22.0 Å². The zero-order chi connectivity index (χ0) is 12.6. The Kier molecular flexibility index (Phi) is 3.05. The van der Waals surface area contributed by atoms with Crippen LogP contribution < -0.4 is 11.1 Å². The van der Waals surface area contributed by atoms with Crippen LogP contribution >= 0.6 is 0 Å². The number of nitrogens with zero attached hydrogens (tertiary/aromatic N) is 2. The fourth-order valence-electron chi connectivity index (χ4n) is 1.80. The summed E-state index contributed by atoms with van der Waals surface area (Å²) in [5.41, 5.74) is 7.15. The van der Waals surface area contributed by atoms with Crippen LogP contribution in [0.2, 0.25) is 0 Å². The number of rotatable bonds is 2. The smallest absolute Gasteiger partial charge is 0.155 e. The molecule has 1 aliphatic heterocycles. The molecule has 1 unspecified atom stereocenters. The Morgan fingerprint density at radius 1 is 1.41 bits per heavy atom. The van der Waals surface area contributed by atoms with E-state index >= 15 is 0 Å². The number of nitrogens with two attached hydrogens (primary N) is 1. The molecule has 0 radical (unpaired) electrons. The number of nitrogen functional groups attached to an aromatic ring is 1. The molecule has 2 heterocycles. The Morgan fingerprint density at radius 3 is 2.76 bits per heavy atom. The lowest BCUT2D eigenvalue weighted by Gasteiger charge is -2.19. The third-order valence-electron chi connectivity index (χ3n) is 2.98. The maximum atomic E-state index is 11.5. The van der Waals surface area contributed by atoms with Crippen molar-refractivity contribution in [2.45, 2.75) is 25.1 Å². The van der Waals surface area contributed by atoms with Gasteiger partial charge in [-0.3, -0.25) is 0 Å². The van der Waals surface area contributed by atoms with Gasteiger partial charge in [-0.1, -0.05) is 0 Å². The maximum Gasteiger partial charge on any atom is 0.155 e. The van der Waals surface area contributed by atoms with Gasteiger partial charge in [-0.25, -0.2) is 18.4 Å². The average Bonchev–Trinajstić information content (AvgIpc) is 2.28. The number of aryl methyl sites for hydroxylation is 1. The fraction of sp³-hybridized carbons (Fsp3) is 0.600. The van der Waals surface area contributed by atoms with Gasteiger partial charge in [-0.05, 0) is 14.0 Å². The van der Waals surface area contributed by atoms with E-state index in [-0.39, 0.29) is 23.4 Å². The Balaban J connectivity index is 2.47. The lowest BCUT2D eigenvalue weighted by Crippen LogP contribution is -2.25. The summed E-state index contributed by atoms with van der Waals surface area (Å²) in [7, 11) is -1.22. The molecule has 0 fully saturated rings. The minimum atomic E-state index is -3.03. The van der Waals surface area contributed by atoms with E-state index in [2.05, 4.69) is 15.3 Å². The molecule has 3 N–H and O–H groups in total. The lowest BCUT2D eigenvalue weighted by atomic mass is 10.1. The molecule has 2 rings (SSSR count). The van der Waals surface area contributed by atoms with E-state index in [1.165, 1.54) is 0 Å². The van der Waals surface area contributed by atoms with Gasteiger partial charge in [0, 0.05) is 12.0 Å². The summed E-state index contributed by atoms with van der Waals surface area (Å²) < 4.78 is 23.0. The molecule has 6 nitrogen and oxygen atoms in total. The largest absolute Gasteiger partial charge is 0.383 e. The number of nitrogens with one attached hydrogen (secondary N) is 1. The highest BCUT2D eigenvalue weighted by Crippen LogP contribution is 2.24. The topological polar surface area (TPSA) is 98.0 Å². The quantitative estimate of drug-likeness (QED) is 0.761. The number of hydrogen-bond acceptors (Lipinski definition) is 6. The first kappa shape index (κ1) is 12.3. The molecule has 0 bridgehead atoms. The molecular weight excluding hydrogens is 240 g/mol. The van der Waals surface area contributed by atoms with Gasteiger partial charge in [0.25, 0.3) is 0 Å². The van der Waals surface area contributed by atoms with Crippen LogP contribution in [-0.4, -0.2) is 31.2 Å². The molecule has 1 aromatic rings. The van der Waals surface area contributed by atoms with E-state index in [0.717, 1.165) is 5.69 Å². The highest BCUT2D eigenvalue weighted by atomic mass is 32.2. The van der Waals surface area contributed by atoms with Crippen molar-refractivity contribution in [1.29, 1.82) is 0 Å². The molecule has 1 atom stereocenters. The minimum Gasteiger partial charge on any atom is -0.383 e. The van der Waals surface area contributed by atoms with Gasteiger partial charge >= 0.3 is 0 Å². The summed E-state index contributed by atoms with van der Waals surface area (Å²) in [5, 5.41) is 3.03. The fourth-order valence-corrected chi connectivity index (χ4v) is 3.20. The van der Waals surface area contributed by atoms with Crippen molar-refractivity contribution in [2.75, 3.05) is 18.5 Å². The molecule has 0 aromatic carbocycles. The summed E-state index contributed by atoms with van der Waals surface area (Å²) >= 11 is 0. The van der Waals surface area contributed by atoms with E-state index in [1.807, 2.05) is 14.0 Å². The van der Waals surface area contributed by atoms with Crippen LogP contribution in [0, 0.1) is 0 Å². The van der Waals surface area contributed by atoms with Gasteiger partial charge in [-0.2, -0.15) is 0 Å². The number of hydrogen-bond donors (Lipinski definition) is 2. The van der Waals surface area contributed by atoms with Gasteiger partial charge in [0.15, 0.2) is 9.84 Å². The van der Waals surface area contributed by atoms with Crippen LogP contribution in [0.3, 0.4) is 0 Å². The second-order valence-corrected chi connectivity index (χ2v) is 6.43.